The van der Waals surface area contributed by atoms with Crippen molar-refractivity contribution in [3.8, 4) is 5.69 Å². The van der Waals surface area contributed by atoms with Gasteiger partial charge < -0.3 is 5.11 Å². The predicted molar refractivity (Wildman–Crippen MR) is 73.5 cm³/mol. The summed E-state index contributed by atoms with van der Waals surface area (Å²) in [6, 6.07) is 8.81. The van der Waals surface area contributed by atoms with E-state index in [0.29, 0.717) is 15.5 Å². The molecule has 0 aliphatic carbocycles. The van der Waals surface area contributed by atoms with Gasteiger partial charge in [0, 0.05) is 4.47 Å². The molecule has 0 bridgehead atoms. The van der Waals surface area contributed by atoms with E-state index in [0.717, 1.165) is 0 Å². The predicted octanol–water partition coefficient (Wildman–Crippen LogP) is 3.02. The second-order valence-corrected chi connectivity index (χ2v) is 5.02. The second kappa shape index (κ2) is 4.68. The maximum absolute atomic E-state index is 13.9. The molecule has 1 aromatic heterocycles. The summed E-state index contributed by atoms with van der Waals surface area (Å²) < 4.78 is 15.9. The molecule has 0 aliphatic heterocycles. The van der Waals surface area contributed by atoms with Gasteiger partial charge in [0.25, 0.3) is 0 Å². The van der Waals surface area contributed by atoms with Gasteiger partial charge in [-0.25, -0.2) is 13.9 Å². The number of carboxylic acids is 1. The van der Waals surface area contributed by atoms with Gasteiger partial charge in [-0.05, 0) is 36.4 Å². The molecule has 7 heteroatoms. The molecule has 0 fully saturated rings. The van der Waals surface area contributed by atoms with Crippen molar-refractivity contribution in [2.75, 3.05) is 0 Å². The number of benzene rings is 2. The summed E-state index contributed by atoms with van der Waals surface area (Å²) in [5, 5.41) is 16.8. The number of hydrogen-bond acceptors (Lipinski definition) is 3. The third-order valence-electron chi connectivity index (χ3n) is 2.83. The molecule has 0 atom stereocenters. The number of hydrogen-bond donors (Lipinski definition) is 1. The molecule has 0 unspecified atom stereocenters. The van der Waals surface area contributed by atoms with E-state index in [9.17, 15) is 9.18 Å². The number of carbonyl (C=O) groups is 1. The summed E-state index contributed by atoms with van der Waals surface area (Å²) in [7, 11) is 0. The molecule has 0 saturated carbocycles. The molecule has 0 amide bonds. The molecule has 0 saturated heterocycles. The van der Waals surface area contributed by atoms with Gasteiger partial charge in [0.1, 0.15) is 17.0 Å². The van der Waals surface area contributed by atoms with Crippen molar-refractivity contribution in [1.82, 2.24) is 15.0 Å². The van der Waals surface area contributed by atoms with Gasteiger partial charge in [-0.15, -0.1) is 5.10 Å². The minimum absolute atomic E-state index is 0.0939. The fourth-order valence-electron chi connectivity index (χ4n) is 1.88. The summed E-state index contributed by atoms with van der Waals surface area (Å²) >= 11 is 3.26. The maximum atomic E-state index is 13.9. The fourth-order valence-corrected chi connectivity index (χ4v) is 2.23. The number of rotatable bonds is 2. The summed E-state index contributed by atoms with van der Waals surface area (Å²) in [4.78, 5) is 11.0. The Balaban J connectivity index is 2.28. The van der Waals surface area contributed by atoms with Gasteiger partial charge >= 0.3 is 5.97 Å². The molecule has 0 spiro atoms. The summed E-state index contributed by atoms with van der Waals surface area (Å²) in [6.07, 6.45) is 0. The largest absolute Gasteiger partial charge is 0.478 e. The van der Waals surface area contributed by atoms with E-state index in [4.69, 9.17) is 5.11 Å². The molecule has 3 aromatic rings. The van der Waals surface area contributed by atoms with Gasteiger partial charge in [-0.1, -0.05) is 21.1 Å². The average Bonchev–Trinajstić information content (AvgIpc) is 2.84. The monoisotopic (exact) mass is 335 g/mol. The third kappa shape index (κ3) is 2.05. The van der Waals surface area contributed by atoms with E-state index in [2.05, 4.69) is 26.2 Å². The van der Waals surface area contributed by atoms with Crippen LogP contribution in [-0.4, -0.2) is 26.1 Å². The Kier molecular flexibility index (Phi) is 2.98. The lowest BCUT2D eigenvalue weighted by atomic mass is 10.2. The molecule has 1 N–H and O–H groups in total. The van der Waals surface area contributed by atoms with Crippen molar-refractivity contribution in [1.29, 1.82) is 0 Å². The van der Waals surface area contributed by atoms with Crippen LogP contribution in [0.25, 0.3) is 16.7 Å². The number of halogens is 2. The summed E-state index contributed by atoms with van der Waals surface area (Å²) in [6.45, 7) is 0. The van der Waals surface area contributed by atoms with Crippen LogP contribution in [0.15, 0.2) is 40.9 Å². The van der Waals surface area contributed by atoms with E-state index >= 15 is 0 Å². The van der Waals surface area contributed by atoms with Crippen LogP contribution >= 0.6 is 15.9 Å². The van der Waals surface area contributed by atoms with Crippen LogP contribution in [0.4, 0.5) is 4.39 Å². The fraction of sp³-hybridized carbons (Fsp3) is 0. The molecular formula is C13H7BrFN3O2. The van der Waals surface area contributed by atoms with Crippen molar-refractivity contribution >= 4 is 32.9 Å². The SMILES string of the molecule is O=C(O)c1ccc2nnn(-c3cc(Br)ccc3F)c2c1. The van der Waals surface area contributed by atoms with E-state index in [1.165, 1.54) is 28.9 Å². The van der Waals surface area contributed by atoms with E-state index in [1.54, 1.807) is 12.1 Å². The van der Waals surface area contributed by atoms with Gasteiger partial charge in [0.05, 0.1) is 11.1 Å². The molecule has 100 valence electrons. The number of aromatic carboxylic acids is 1. The van der Waals surface area contributed by atoms with Crippen molar-refractivity contribution in [2.24, 2.45) is 0 Å². The molecule has 3 rings (SSSR count). The molecule has 5 nitrogen and oxygen atoms in total. The van der Waals surface area contributed by atoms with Crippen molar-refractivity contribution < 1.29 is 14.3 Å². The van der Waals surface area contributed by atoms with Crippen LogP contribution < -0.4 is 0 Å². The Bertz CT molecular complexity index is 832. The van der Waals surface area contributed by atoms with Crippen molar-refractivity contribution in [3.05, 3.63) is 52.3 Å². The highest BCUT2D eigenvalue weighted by Crippen LogP contribution is 2.23. The molecule has 2 aromatic carbocycles. The summed E-state index contributed by atoms with van der Waals surface area (Å²) in [5.74, 6) is -1.53. The Morgan fingerprint density at radius 2 is 2.05 bits per heavy atom. The number of nitrogens with zero attached hydrogens (tertiary/aromatic N) is 3. The van der Waals surface area contributed by atoms with Gasteiger partial charge in [0.2, 0.25) is 0 Å². The molecule has 1 heterocycles. The minimum Gasteiger partial charge on any atom is -0.478 e. The lowest BCUT2D eigenvalue weighted by Crippen LogP contribution is -2.01. The topological polar surface area (TPSA) is 68.0 Å². The standard InChI is InChI=1S/C13H7BrFN3O2/c14-8-2-3-9(15)11(6-8)18-12-5-7(13(19)20)1-4-10(12)16-17-18/h1-6H,(H,19,20). The Morgan fingerprint density at radius 3 is 2.80 bits per heavy atom. The number of fused-ring (bicyclic) bond motifs is 1. The smallest absolute Gasteiger partial charge is 0.335 e. The first-order valence-electron chi connectivity index (χ1n) is 5.60. The minimum atomic E-state index is -1.06. The highest BCUT2D eigenvalue weighted by atomic mass is 79.9. The zero-order valence-electron chi connectivity index (χ0n) is 9.92. The Morgan fingerprint density at radius 1 is 1.25 bits per heavy atom. The molecular weight excluding hydrogens is 329 g/mol. The first kappa shape index (κ1) is 12.7. The normalized spacial score (nSPS) is 10.9. The summed E-state index contributed by atoms with van der Waals surface area (Å²) in [5.41, 5.74) is 1.22. The third-order valence-corrected chi connectivity index (χ3v) is 3.32. The molecule has 20 heavy (non-hydrogen) atoms. The zero-order chi connectivity index (χ0) is 14.3. The first-order valence-corrected chi connectivity index (χ1v) is 6.40. The van der Waals surface area contributed by atoms with E-state index in [-0.39, 0.29) is 11.3 Å². The van der Waals surface area contributed by atoms with Crippen molar-refractivity contribution in [3.63, 3.8) is 0 Å². The molecule has 0 radical (unpaired) electrons. The second-order valence-electron chi connectivity index (χ2n) is 4.11. The Hall–Kier alpha value is -2.28. The van der Waals surface area contributed by atoms with Crippen LogP contribution in [0.5, 0.6) is 0 Å². The lowest BCUT2D eigenvalue weighted by molar-refractivity contribution is 0.0697. The van der Waals surface area contributed by atoms with Gasteiger partial charge in [-0.2, -0.15) is 0 Å². The van der Waals surface area contributed by atoms with Crippen LogP contribution in [0.3, 0.4) is 0 Å². The van der Waals surface area contributed by atoms with Crippen LogP contribution in [0.1, 0.15) is 10.4 Å². The van der Waals surface area contributed by atoms with Gasteiger partial charge in [0.15, 0.2) is 0 Å². The molecule has 0 aliphatic rings. The van der Waals surface area contributed by atoms with Crippen LogP contribution in [0.2, 0.25) is 0 Å². The van der Waals surface area contributed by atoms with E-state index < -0.39 is 11.8 Å². The zero-order valence-corrected chi connectivity index (χ0v) is 11.5. The van der Waals surface area contributed by atoms with Crippen LogP contribution in [-0.2, 0) is 0 Å². The Labute approximate surface area is 120 Å². The highest BCUT2D eigenvalue weighted by Gasteiger charge is 2.13. The lowest BCUT2D eigenvalue weighted by Gasteiger charge is -2.05. The maximum Gasteiger partial charge on any atom is 0.335 e. The number of aromatic nitrogens is 3. The first-order chi connectivity index (χ1) is 9.56. The quantitative estimate of drug-likeness (QED) is 0.781. The van der Waals surface area contributed by atoms with Crippen LogP contribution in [0, 0.1) is 5.82 Å². The highest BCUT2D eigenvalue weighted by molar-refractivity contribution is 9.10. The van der Waals surface area contributed by atoms with Gasteiger partial charge in [-0.3, -0.25) is 0 Å². The number of carboxylic acid groups (broad SMARTS) is 1. The van der Waals surface area contributed by atoms with Crippen molar-refractivity contribution in [2.45, 2.75) is 0 Å². The average molecular weight is 336 g/mol. The van der Waals surface area contributed by atoms with E-state index in [1.807, 2.05) is 0 Å².